The van der Waals surface area contributed by atoms with Crippen molar-refractivity contribution in [2.75, 3.05) is 0 Å². The van der Waals surface area contributed by atoms with Crippen molar-refractivity contribution in [2.24, 2.45) is 0 Å². The van der Waals surface area contributed by atoms with Gasteiger partial charge >= 0.3 is 5.97 Å². The van der Waals surface area contributed by atoms with Gasteiger partial charge in [-0.05, 0) is 30.2 Å². The quantitative estimate of drug-likeness (QED) is 0.290. The monoisotopic (exact) mass is 522 g/mol. The molecule has 2 amide bonds. The van der Waals surface area contributed by atoms with Gasteiger partial charge in [-0.25, -0.2) is 4.79 Å². The van der Waals surface area contributed by atoms with Crippen molar-refractivity contribution >= 4 is 48.3 Å². The van der Waals surface area contributed by atoms with Gasteiger partial charge in [0, 0.05) is 31.5 Å². The van der Waals surface area contributed by atoms with E-state index in [9.17, 15) is 19.5 Å². The SMILES string of the molecule is CC(=O)NC(C)(Cc1ccc(-c2ccc(/C=C3\SC(S)N(Cc4ccccc4)C3=O)o2)cc1)C(=O)O. The summed E-state index contributed by atoms with van der Waals surface area (Å²) in [6, 6.07) is 20.7. The Bertz CT molecular complexity index is 1300. The zero-order chi connectivity index (χ0) is 25.9. The number of hydrogen-bond donors (Lipinski definition) is 3. The first-order valence-electron chi connectivity index (χ1n) is 11.3. The fraction of sp³-hybridized carbons (Fsp3) is 0.222. The minimum atomic E-state index is -1.40. The zero-order valence-electron chi connectivity index (χ0n) is 19.8. The number of amides is 2. The summed E-state index contributed by atoms with van der Waals surface area (Å²) in [7, 11) is 0. The highest BCUT2D eigenvalue weighted by Gasteiger charge is 2.35. The van der Waals surface area contributed by atoms with Crippen LogP contribution < -0.4 is 5.32 Å². The van der Waals surface area contributed by atoms with Crippen molar-refractivity contribution in [2.45, 2.75) is 37.1 Å². The lowest BCUT2D eigenvalue weighted by Crippen LogP contribution is -2.53. The van der Waals surface area contributed by atoms with Crippen molar-refractivity contribution in [1.29, 1.82) is 0 Å². The molecule has 0 bridgehead atoms. The number of carboxylic acids is 1. The maximum absolute atomic E-state index is 12.9. The third-order valence-corrected chi connectivity index (χ3v) is 7.39. The van der Waals surface area contributed by atoms with E-state index in [1.807, 2.05) is 60.7 Å². The Hall–Kier alpha value is -3.43. The summed E-state index contributed by atoms with van der Waals surface area (Å²) in [5, 5.41) is 12.1. The lowest BCUT2D eigenvalue weighted by atomic mass is 9.92. The smallest absolute Gasteiger partial charge is 0.329 e. The van der Waals surface area contributed by atoms with Gasteiger partial charge in [-0.3, -0.25) is 9.59 Å². The van der Waals surface area contributed by atoms with E-state index < -0.39 is 17.4 Å². The molecule has 9 heteroatoms. The Balaban J connectivity index is 1.46. The molecule has 0 radical (unpaired) electrons. The van der Waals surface area contributed by atoms with Crippen LogP contribution in [0.2, 0.25) is 0 Å². The molecular weight excluding hydrogens is 496 g/mol. The van der Waals surface area contributed by atoms with Crippen LogP contribution in [0.5, 0.6) is 0 Å². The fourth-order valence-corrected chi connectivity index (χ4v) is 5.42. The molecule has 0 saturated carbocycles. The number of benzene rings is 2. The van der Waals surface area contributed by atoms with Crippen LogP contribution in [0.25, 0.3) is 17.4 Å². The lowest BCUT2D eigenvalue weighted by molar-refractivity contribution is -0.146. The molecular formula is C27H26N2O5S2. The van der Waals surface area contributed by atoms with Gasteiger partial charge in [-0.1, -0.05) is 66.4 Å². The molecule has 1 aliphatic heterocycles. The van der Waals surface area contributed by atoms with Crippen LogP contribution in [-0.4, -0.2) is 38.0 Å². The summed E-state index contributed by atoms with van der Waals surface area (Å²) in [6.45, 7) is 3.26. The van der Waals surface area contributed by atoms with Crippen LogP contribution in [0.1, 0.15) is 30.7 Å². The van der Waals surface area contributed by atoms with E-state index in [1.54, 1.807) is 17.0 Å². The van der Waals surface area contributed by atoms with Gasteiger partial charge in [0.15, 0.2) is 0 Å². The maximum atomic E-state index is 12.9. The highest BCUT2D eigenvalue weighted by molar-refractivity contribution is 8.14. The van der Waals surface area contributed by atoms with Gasteiger partial charge in [0.1, 0.15) is 21.8 Å². The van der Waals surface area contributed by atoms with Crippen LogP contribution in [0.4, 0.5) is 0 Å². The number of thioether (sulfide) groups is 1. The van der Waals surface area contributed by atoms with E-state index in [4.69, 9.17) is 4.42 Å². The van der Waals surface area contributed by atoms with Crippen molar-refractivity contribution < 1.29 is 23.9 Å². The standard InChI is InChI=1S/C27H26N2O5S2/c1-17(30)28-27(2,25(32)33)15-18-8-10-20(11-9-18)22-13-12-21(34-22)14-23-24(31)29(26(35)36-23)16-19-6-4-3-5-7-19/h3-14,26,35H,15-16H2,1-2H3,(H,28,30)(H,32,33)/b23-14-. The third kappa shape index (κ3) is 5.85. The highest BCUT2D eigenvalue weighted by Crippen LogP contribution is 2.39. The first-order valence-corrected chi connectivity index (χ1v) is 12.7. The number of carboxylic acid groups (broad SMARTS) is 1. The summed E-state index contributed by atoms with van der Waals surface area (Å²) < 4.78 is 5.69. The minimum absolute atomic E-state index is 0.0909. The minimum Gasteiger partial charge on any atom is -0.480 e. The van der Waals surface area contributed by atoms with Gasteiger partial charge in [0.2, 0.25) is 5.91 Å². The maximum Gasteiger partial charge on any atom is 0.329 e. The molecule has 4 rings (SSSR count). The van der Waals surface area contributed by atoms with Crippen LogP contribution in [0.15, 0.2) is 76.1 Å². The van der Waals surface area contributed by atoms with E-state index in [1.165, 1.54) is 25.6 Å². The molecule has 2 N–H and O–H groups in total. The number of thiol groups is 1. The molecule has 1 aromatic heterocycles. The number of rotatable bonds is 8. The van der Waals surface area contributed by atoms with E-state index in [0.29, 0.717) is 23.0 Å². The molecule has 2 atom stereocenters. The van der Waals surface area contributed by atoms with Crippen molar-refractivity contribution in [3.8, 4) is 11.3 Å². The summed E-state index contributed by atoms with van der Waals surface area (Å²) in [4.78, 5) is 38.3. The lowest BCUT2D eigenvalue weighted by Gasteiger charge is -2.25. The zero-order valence-corrected chi connectivity index (χ0v) is 21.5. The van der Waals surface area contributed by atoms with E-state index in [-0.39, 0.29) is 17.0 Å². The summed E-state index contributed by atoms with van der Waals surface area (Å²) in [5.41, 5.74) is 1.21. The molecule has 2 unspecified atom stereocenters. The Kier molecular flexibility index (Phi) is 7.61. The normalized spacial score (nSPS) is 18.3. The first kappa shape index (κ1) is 25.7. The number of carbonyl (C=O) groups is 3. The van der Waals surface area contributed by atoms with E-state index >= 15 is 0 Å². The molecule has 7 nitrogen and oxygen atoms in total. The number of carbonyl (C=O) groups excluding carboxylic acids is 2. The number of nitrogens with zero attached hydrogens (tertiary/aromatic N) is 1. The summed E-state index contributed by atoms with van der Waals surface area (Å²) in [5.74, 6) is -0.422. The molecule has 1 aliphatic rings. The highest BCUT2D eigenvalue weighted by atomic mass is 32.2. The topological polar surface area (TPSA) is 99.9 Å². The third-order valence-electron chi connectivity index (χ3n) is 5.79. The van der Waals surface area contributed by atoms with Crippen LogP contribution in [0.3, 0.4) is 0 Å². The molecule has 1 saturated heterocycles. The fourth-order valence-electron chi connectivity index (χ4n) is 3.97. The van der Waals surface area contributed by atoms with Gasteiger partial charge in [0.25, 0.3) is 5.91 Å². The second-order valence-corrected chi connectivity index (χ2v) is 10.7. The van der Waals surface area contributed by atoms with Crippen molar-refractivity contribution in [3.05, 3.63) is 88.5 Å². The largest absolute Gasteiger partial charge is 0.480 e. The van der Waals surface area contributed by atoms with Gasteiger partial charge in [0.05, 0.1) is 4.91 Å². The van der Waals surface area contributed by atoms with Crippen molar-refractivity contribution in [3.63, 3.8) is 0 Å². The predicted molar refractivity (Wildman–Crippen MR) is 143 cm³/mol. The molecule has 3 aromatic rings. The average molecular weight is 523 g/mol. The number of furan rings is 1. The second kappa shape index (κ2) is 10.7. The molecule has 36 heavy (non-hydrogen) atoms. The molecule has 1 fully saturated rings. The Labute approximate surface area is 219 Å². The molecule has 2 aromatic carbocycles. The molecule has 0 spiro atoms. The number of hydrogen-bond acceptors (Lipinski definition) is 6. The van der Waals surface area contributed by atoms with Gasteiger partial charge < -0.3 is 19.7 Å². The van der Waals surface area contributed by atoms with Crippen LogP contribution >= 0.6 is 24.4 Å². The van der Waals surface area contributed by atoms with Gasteiger partial charge in [-0.2, -0.15) is 0 Å². The summed E-state index contributed by atoms with van der Waals surface area (Å²) in [6.07, 6.45) is 1.87. The van der Waals surface area contributed by atoms with Crippen molar-refractivity contribution in [1.82, 2.24) is 10.2 Å². The van der Waals surface area contributed by atoms with Gasteiger partial charge in [-0.15, -0.1) is 12.6 Å². The Morgan fingerprint density at radius 3 is 2.44 bits per heavy atom. The predicted octanol–water partition coefficient (Wildman–Crippen LogP) is 4.80. The average Bonchev–Trinajstić information content (AvgIpc) is 3.40. The van der Waals surface area contributed by atoms with E-state index in [2.05, 4.69) is 17.9 Å². The first-order chi connectivity index (χ1) is 17.1. The van der Waals surface area contributed by atoms with E-state index in [0.717, 1.165) is 16.7 Å². The molecule has 2 heterocycles. The Morgan fingerprint density at radius 1 is 1.11 bits per heavy atom. The Morgan fingerprint density at radius 2 is 1.81 bits per heavy atom. The second-order valence-electron chi connectivity index (χ2n) is 8.77. The number of nitrogens with one attached hydrogen (secondary N) is 1. The molecule has 0 aliphatic carbocycles. The summed E-state index contributed by atoms with van der Waals surface area (Å²) >= 11 is 5.95. The van der Waals surface area contributed by atoms with Crippen LogP contribution in [-0.2, 0) is 27.3 Å². The number of aliphatic carboxylic acids is 1. The van der Waals surface area contributed by atoms with Crippen LogP contribution in [0, 0.1) is 0 Å². The molecule has 186 valence electrons.